The molecule has 1 saturated heterocycles. The summed E-state index contributed by atoms with van der Waals surface area (Å²) < 4.78 is 6.90. The van der Waals surface area contributed by atoms with E-state index in [4.69, 9.17) is 16.3 Å². The first-order valence-electron chi connectivity index (χ1n) is 6.38. The van der Waals surface area contributed by atoms with Crippen LogP contribution in [0.4, 0.5) is 5.69 Å². The van der Waals surface area contributed by atoms with Crippen LogP contribution in [-0.2, 0) is 4.74 Å². The van der Waals surface area contributed by atoms with Gasteiger partial charge in [0.2, 0.25) is 0 Å². The summed E-state index contributed by atoms with van der Waals surface area (Å²) in [6.07, 6.45) is 3.09. The molecule has 0 bridgehead atoms. The van der Waals surface area contributed by atoms with Crippen LogP contribution in [0.25, 0.3) is 0 Å². The highest BCUT2D eigenvalue weighted by molar-refractivity contribution is 9.10. The van der Waals surface area contributed by atoms with E-state index in [2.05, 4.69) is 35.1 Å². The van der Waals surface area contributed by atoms with Crippen molar-refractivity contribution in [1.82, 2.24) is 0 Å². The largest absolute Gasteiger partial charge is 0.381 e. The summed E-state index contributed by atoms with van der Waals surface area (Å²) in [4.78, 5) is 0. The van der Waals surface area contributed by atoms with Crippen LogP contribution >= 0.6 is 27.5 Å². The number of hydrogen-bond donors (Lipinski definition) is 1. The molecule has 0 aromatic heterocycles. The molecule has 18 heavy (non-hydrogen) atoms. The molecule has 2 atom stereocenters. The third-order valence-electron chi connectivity index (χ3n) is 3.63. The minimum absolute atomic E-state index is 0.00555. The van der Waals surface area contributed by atoms with E-state index in [-0.39, 0.29) is 5.60 Å². The molecule has 0 aliphatic carbocycles. The van der Waals surface area contributed by atoms with Crippen molar-refractivity contribution in [2.75, 3.05) is 11.9 Å². The highest BCUT2D eigenvalue weighted by Gasteiger charge is 2.31. The molecular weight excluding hydrogens is 314 g/mol. The molecular formula is C14H19BrClNO. The molecule has 0 spiro atoms. The summed E-state index contributed by atoms with van der Waals surface area (Å²) in [7, 11) is 0. The topological polar surface area (TPSA) is 21.3 Å². The van der Waals surface area contributed by atoms with Crippen LogP contribution in [0.5, 0.6) is 0 Å². The molecule has 0 radical (unpaired) electrons. The SMILES string of the molecule is CCC1(C)CC(Nc2cc(Br)ccc2Cl)CCO1. The summed E-state index contributed by atoms with van der Waals surface area (Å²) in [5.74, 6) is 0. The van der Waals surface area contributed by atoms with Gasteiger partial charge in [0.05, 0.1) is 16.3 Å². The maximum Gasteiger partial charge on any atom is 0.0671 e. The molecule has 1 N–H and O–H groups in total. The van der Waals surface area contributed by atoms with Gasteiger partial charge in [0.1, 0.15) is 0 Å². The van der Waals surface area contributed by atoms with Crippen molar-refractivity contribution < 1.29 is 4.74 Å². The van der Waals surface area contributed by atoms with E-state index in [1.807, 2.05) is 18.2 Å². The van der Waals surface area contributed by atoms with Gasteiger partial charge in [0, 0.05) is 17.1 Å². The molecule has 1 aliphatic heterocycles. The molecule has 1 heterocycles. The molecule has 2 unspecified atom stereocenters. The fourth-order valence-electron chi connectivity index (χ4n) is 2.33. The Labute approximate surface area is 122 Å². The first kappa shape index (κ1) is 14.2. The molecule has 1 aromatic rings. The maximum atomic E-state index is 6.21. The van der Waals surface area contributed by atoms with Gasteiger partial charge in [-0.25, -0.2) is 0 Å². The molecule has 1 aromatic carbocycles. The zero-order valence-electron chi connectivity index (χ0n) is 10.8. The molecule has 2 rings (SSSR count). The van der Waals surface area contributed by atoms with E-state index in [9.17, 15) is 0 Å². The van der Waals surface area contributed by atoms with Crippen LogP contribution in [-0.4, -0.2) is 18.2 Å². The summed E-state index contributed by atoms with van der Waals surface area (Å²) in [6, 6.07) is 6.32. The van der Waals surface area contributed by atoms with Crippen molar-refractivity contribution in [1.29, 1.82) is 0 Å². The standard InChI is InChI=1S/C14H19BrClNO/c1-3-14(2)9-11(6-7-18-14)17-13-8-10(15)4-5-12(13)16/h4-5,8,11,17H,3,6-7,9H2,1-2H3. The zero-order valence-corrected chi connectivity index (χ0v) is 13.1. The minimum Gasteiger partial charge on any atom is -0.381 e. The lowest BCUT2D eigenvalue weighted by Gasteiger charge is -2.38. The molecule has 0 saturated carbocycles. The highest BCUT2D eigenvalue weighted by Crippen LogP contribution is 2.32. The maximum absolute atomic E-state index is 6.21. The van der Waals surface area contributed by atoms with E-state index in [1.54, 1.807) is 0 Å². The Morgan fingerprint density at radius 1 is 1.56 bits per heavy atom. The first-order chi connectivity index (χ1) is 8.52. The van der Waals surface area contributed by atoms with Crippen molar-refractivity contribution in [2.45, 2.75) is 44.8 Å². The lowest BCUT2D eigenvalue weighted by atomic mass is 9.90. The average Bonchev–Trinajstić information content (AvgIpc) is 2.34. The van der Waals surface area contributed by atoms with Crippen molar-refractivity contribution in [3.63, 3.8) is 0 Å². The number of ether oxygens (including phenoxy) is 1. The Hall–Kier alpha value is -0.250. The van der Waals surface area contributed by atoms with Gasteiger partial charge in [-0.15, -0.1) is 0 Å². The third kappa shape index (κ3) is 3.40. The Morgan fingerprint density at radius 2 is 2.33 bits per heavy atom. The van der Waals surface area contributed by atoms with Gasteiger partial charge >= 0.3 is 0 Å². The second kappa shape index (κ2) is 5.81. The number of nitrogens with one attached hydrogen (secondary N) is 1. The summed E-state index contributed by atoms with van der Waals surface area (Å²) >= 11 is 9.68. The zero-order chi connectivity index (χ0) is 13.2. The van der Waals surface area contributed by atoms with Gasteiger partial charge in [0.25, 0.3) is 0 Å². The summed E-state index contributed by atoms with van der Waals surface area (Å²) in [5.41, 5.74) is 0.991. The lowest BCUT2D eigenvalue weighted by molar-refractivity contribution is -0.0708. The molecule has 2 nitrogen and oxygen atoms in total. The van der Waals surface area contributed by atoms with Crippen molar-refractivity contribution in [3.05, 3.63) is 27.7 Å². The van der Waals surface area contributed by atoms with Gasteiger partial charge in [-0.1, -0.05) is 34.5 Å². The van der Waals surface area contributed by atoms with Crippen LogP contribution < -0.4 is 5.32 Å². The fourth-order valence-corrected chi connectivity index (χ4v) is 2.86. The molecule has 1 aliphatic rings. The van der Waals surface area contributed by atoms with Gasteiger partial charge in [-0.3, -0.25) is 0 Å². The quantitative estimate of drug-likeness (QED) is 0.853. The fraction of sp³-hybridized carbons (Fsp3) is 0.571. The smallest absolute Gasteiger partial charge is 0.0671 e. The summed E-state index contributed by atoms with van der Waals surface area (Å²) in [5, 5.41) is 4.30. The average molecular weight is 333 g/mol. The lowest BCUT2D eigenvalue weighted by Crippen LogP contribution is -2.41. The second-order valence-electron chi connectivity index (χ2n) is 5.11. The van der Waals surface area contributed by atoms with Crippen LogP contribution in [0.3, 0.4) is 0 Å². The highest BCUT2D eigenvalue weighted by atomic mass is 79.9. The first-order valence-corrected chi connectivity index (χ1v) is 7.55. The van der Waals surface area contributed by atoms with Crippen molar-refractivity contribution >= 4 is 33.2 Å². The van der Waals surface area contributed by atoms with E-state index in [0.29, 0.717) is 6.04 Å². The number of halogens is 2. The number of anilines is 1. The van der Waals surface area contributed by atoms with Crippen LogP contribution in [0.1, 0.15) is 33.1 Å². The van der Waals surface area contributed by atoms with E-state index in [0.717, 1.165) is 41.1 Å². The minimum atomic E-state index is -0.00555. The van der Waals surface area contributed by atoms with E-state index < -0.39 is 0 Å². The van der Waals surface area contributed by atoms with E-state index >= 15 is 0 Å². The summed E-state index contributed by atoms with van der Waals surface area (Å²) in [6.45, 7) is 5.17. The third-order valence-corrected chi connectivity index (χ3v) is 4.45. The van der Waals surface area contributed by atoms with Gasteiger partial charge in [-0.2, -0.15) is 0 Å². The predicted octanol–water partition coefficient (Wildman–Crippen LogP) is 4.86. The van der Waals surface area contributed by atoms with Crippen LogP contribution in [0.15, 0.2) is 22.7 Å². The Bertz CT molecular complexity index is 426. The molecule has 1 fully saturated rings. The van der Waals surface area contributed by atoms with Crippen LogP contribution in [0, 0.1) is 0 Å². The molecule has 0 amide bonds. The Morgan fingerprint density at radius 3 is 3.06 bits per heavy atom. The molecule has 100 valence electrons. The van der Waals surface area contributed by atoms with Crippen molar-refractivity contribution in [2.24, 2.45) is 0 Å². The number of rotatable bonds is 3. The van der Waals surface area contributed by atoms with Crippen LogP contribution in [0.2, 0.25) is 5.02 Å². The normalized spacial score (nSPS) is 28.1. The van der Waals surface area contributed by atoms with Gasteiger partial charge in [-0.05, 0) is 44.4 Å². The van der Waals surface area contributed by atoms with Crippen molar-refractivity contribution in [3.8, 4) is 0 Å². The Balaban J connectivity index is 2.07. The van der Waals surface area contributed by atoms with Gasteiger partial charge in [0.15, 0.2) is 0 Å². The Kier molecular flexibility index (Phi) is 4.57. The number of benzene rings is 1. The van der Waals surface area contributed by atoms with E-state index in [1.165, 1.54) is 0 Å². The van der Waals surface area contributed by atoms with Gasteiger partial charge < -0.3 is 10.1 Å². The molecule has 4 heteroatoms. The second-order valence-corrected chi connectivity index (χ2v) is 6.43. The monoisotopic (exact) mass is 331 g/mol. The number of hydrogen-bond acceptors (Lipinski definition) is 2. The predicted molar refractivity (Wildman–Crippen MR) is 80.4 cm³/mol.